The fraction of sp³-hybridized carbons (Fsp3) is 0.857. The number of nitrogens with zero attached hydrogens (tertiary/aromatic N) is 4. The first kappa shape index (κ1) is 15.4. The van der Waals surface area contributed by atoms with Crippen LogP contribution in [-0.2, 0) is 18.2 Å². The Bertz CT molecular complexity index is 406. The third kappa shape index (κ3) is 4.01. The van der Waals surface area contributed by atoms with Crippen molar-refractivity contribution in [1.29, 1.82) is 0 Å². The molecule has 2 unspecified atom stereocenters. The lowest BCUT2D eigenvalue weighted by atomic mass is 10.0. The van der Waals surface area contributed by atoms with Crippen LogP contribution in [-0.4, -0.2) is 64.3 Å². The Hall–Kier alpha value is -0.980. The monoisotopic (exact) mass is 281 g/mol. The second-order valence-electron chi connectivity index (χ2n) is 5.75. The number of aromatic nitrogens is 3. The van der Waals surface area contributed by atoms with Gasteiger partial charge in [0.15, 0.2) is 0 Å². The molecule has 20 heavy (non-hydrogen) atoms. The van der Waals surface area contributed by atoms with Crippen LogP contribution < -0.4 is 5.32 Å². The zero-order chi connectivity index (χ0) is 14.5. The Morgan fingerprint density at radius 2 is 2.30 bits per heavy atom. The second kappa shape index (κ2) is 7.15. The van der Waals surface area contributed by atoms with E-state index in [4.69, 9.17) is 4.74 Å². The lowest BCUT2D eigenvalue weighted by molar-refractivity contribution is -0.0551. The maximum Gasteiger partial charge on any atom is 0.0859 e. The zero-order valence-electron chi connectivity index (χ0n) is 13.0. The number of nitrogens with one attached hydrogen (secondary N) is 1. The molecule has 114 valence electrons. The molecule has 0 aromatic carbocycles. The van der Waals surface area contributed by atoms with Crippen LogP contribution in [0.15, 0.2) is 6.20 Å². The first-order valence-electron chi connectivity index (χ1n) is 7.54. The Morgan fingerprint density at radius 3 is 2.90 bits per heavy atom. The molecule has 0 amide bonds. The van der Waals surface area contributed by atoms with Gasteiger partial charge in [0.25, 0.3) is 0 Å². The molecule has 1 saturated heterocycles. The van der Waals surface area contributed by atoms with Crippen molar-refractivity contribution in [2.24, 2.45) is 7.05 Å². The molecular weight excluding hydrogens is 254 g/mol. The van der Waals surface area contributed by atoms with Crippen LogP contribution >= 0.6 is 0 Å². The summed E-state index contributed by atoms with van der Waals surface area (Å²) in [7, 11) is 1.90. The average molecular weight is 281 g/mol. The quantitative estimate of drug-likeness (QED) is 0.820. The number of hydrogen-bond acceptors (Lipinski definition) is 5. The smallest absolute Gasteiger partial charge is 0.0859 e. The fourth-order valence-corrected chi connectivity index (χ4v) is 2.72. The molecule has 1 aliphatic rings. The maximum atomic E-state index is 5.99. The lowest BCUT2D eigenvalue weighted by Crippen LogP contribution is -2.54. The number of ether oxygens (including phenoxy) is 1. The van der Waals surface area contributed by atoms with Gasteiger partial charge in [-0.25, -0.2) is 0 Å². The van der Waals surface area contributed by atoms with E-state index in [1.807, 2.05) is 13.2 Å². The van der Waals surface area contributed by atoms with Crippen LogP contribution in [0.25, 0.3) is 0 Å². The Labute approximate surface area is 121 Å². The Balaban J connectivity index is 1.99. The first-order chi connectivity index (χ1) is 9.60. The van der Waals surface area contributed by atoms with Gasteiger partial charge in [0.1, 0.15) is 0 Å². The number of hydrogen-bond donors (Lipinski definition) is 1. The summed E-state index contributed by atoms with van der Waals surface area (Å²) in [6.45, 7) is 10.4. The van der Waals surface area contributed by atoms with Gasteiger partial charge in [0, 0.05) is 44.8 Å². The van der Waals surface area contributed by atoms with Gasteiger partial charge in [-0.3, -0.25) is 9.58 Å². The molecule has 0 saturated carbocycles. The van der Waals surface area contributed by atoms with Crippen molar-refractivity contribution in [3.05, 3.63) is 11.9 Å². The van der Waals surface area contributed by atoms with Gasteiger partial charge in [-0.1, -0.05) is 12.1 Å². The second-order valence-corrected chi connectivity index (χ2v) is 5.75. The van der Waals surface area contributed by atoms with Crippen LogP contribution in [0, 0.1) is 0 Å². The molecule has 6 nitrogen and oxygen atoms in total. The van der Waals surface area contributed by atoms with E-state index in [2.05, 4.69) is 41.3 Å². The molecule has 1 aromatic rings. The zero-order valence-corrected chi connectivity index (χ0v) is 13.0. The van der Waals surface area contributed by atoms with Gasteiger partial charge < -0.3 is 10.1 Å². The van der Waals surface area contributed by atoms with Crippen molar-refractivity contribution in [2.45, 2.75) is 45.4 Å². The summed E-state index contributed by atoms with van der Waals surface area (Å²) in [6.07, 6.45) is 3.05. The summed E-state index contributed by atoms with van der Waals surface area (Å²) in [5, 5.41) is 11.7. The van der Waals surface area contributed by atoms with E-state index in [9.17, 15) is 0 Å². The average Bonchev–Trinajstić information content (AvgIpc) is 2.84. The Morgan fingerprint density at radius 1 is 1.50 bits per heavy atom. The van der Waals surface area contributed by atoms with E-state index in [1.54, 1.807) is 4.68 Å². The van der Waals surface area contributed by atoms with Crippen LogP contribution in [0.5, 0.6) is 0 Å². The topological polar surface area (TPSA) is 55.2 Å². The third-order valence-electron chi connectivity index (χ3n) is 3.85. The largest absolute Gasteiger partial charge is 0.374 e. The van der Waals surface area contributed by atoms with Crippen molar-refractivity contribution >= 4 is 0 Å². The Kier molecular flexibility index (Phi) is 5.51. The van der Waals surface area contributed by atoms with E-state index in [0.29, 0.717) is 12.1 Å². The molecule has 0 spiro atoms. The van der Waals surface area contributed by atoms with Crippen molar-refractivity contribution in [2.75, 3.05) is 26.2 Å². The lowest BCUT2D eigenvalue weighted by Gasteiger charge is -2.39. The molecule has 2 heterocycles. The predicted octanol–water partition coefficient (Wildman–Crippen LogP) is 0.445. The molecule has 1 aromatic heterocycles. The van der Waals surface area contributed by atoms with Crippen molar-refractivity contribution in [3.8, 4) is 0 Å². The summed E-state index contributed by atoms with van der Waals surface area (Å²) in [6, 6.07) is 0.860. The van der Waals surface area contributed by atoms with Crippen molar-refractivity contribution in [1.82, 2.24) is 25.2 Å². The van der Waals surface area contributed by atoms with E-state index < -0.39 is 0 Å². The van der Waals surface area contributed by atoms with Crippen LogP contribution in [0.2, 0.25) is 0 Å². The highest BCUT2D eigenvalue weighted by atomic mass is 16.5. The minimum Gasteiger partial charge on any atom is -0.374 e. The van der Waals surface area contributed by atoms with Gasteiger partial charge in [-0.05, 0) is 20.4 Å². The molecule has 1 aliphatic heterocycles. The van der Waals surface area contributed by atoms with E-state index in [-0.39, 0.29) is 6.10 Å². The van der Waals surface area contributed by atoms with Crippen molar-refractivity contribution in [3.63, 3.8) is 0 Å². The van der Waals surface area contributed by atoms with Gasteiger partial charge in [-0.15, -0.1) is 5.10 Å². The summed E-state index contributed by atoms with van der Waals surface area (Å²) >= 11 is 0. The molecule has 6 heteroatoms. The SMILES string of the molecule is CCNC(Cc1cn(C)nn1)C1CN(C(C)C)CCO1. The standard InChI is InChI=1S/C14H27N5O/c1-5-15-13(8-12-9-18(4)17-16-12)14-10-19(11(2)3)6-7-20-14/h9,11,13-15H,5-8,10H2,1-4H3. The molecule has 1 N–H and O–H groups in total. The van der Waals surface area contributed by atoms with E-state index >= 15 is 0 Å². The number of likely N-dealkylation sites (N-methyl/N-ethyl adjacent to an activating group) is 1. The number of rotatable bonds is 6. The minimum atomic E-state index is 0.216. The van der Waals surface area contributed by atoms with E-state index in [0.717, 1.165) is 38.4 Å². The van der Waals surface area contributed by atoms with E-state index in [1.165, 1.54) is 0 Å². The van der Waals surface area contributed by atoms with Crippen LogP contribution in [0.4, 0.5) is 0 Å². The highest BCUT2D eigenvalue weighted by Crippen LogP contribution is 2.14. The highest BCUT2D eigenvalue weighted by molar-refractivity contribution is 4.99. The molecule has 0 aliphatic carbocycles. The predicted molar refractivity (Wildman–Crippen MR) is 78.6 cm³/mol. The molecule has 0 bridgehead atoms. The third-order valence-corrected chi connectivity index (χ3v) is 3.85. The number of morpholine rings is 1. The summed E-state index contributed by atoms with van der Waals surface area (Å²) in [5.41, 5.74) is 1.02. The molecule has 1 fully saturated rings. The molecule has 2 rings (SSSR count). The highest BCUT2D eigenvalue weighted by Gasteiger charge is 2.29. The summed E-state index contributed by atoms with van der Waals surface area (Å²) < 4.78 is 7.74. The summed E-state index contributed by atoms with van der Waals surface area (Å²) in [5.74, 6) is 0. The van der Waals surface area contributed by atoms with Crippen LogP contribution in [0.3, 0.4) is 0 Å². The fourth-order valence-electron chi connectivity index (χ4n) is 2.72. The first-order valence-corrected chi connectivity index (χ1v) is 7.54. The minimum absolute atomic E-state index is 0.216. The molecule has 0 radical (unpaired) electrons. The number of aryl methyl sites for hydroxylation is 1. The van der Waals surface area contributed by atoms with Gasteiger partial charge in [0.05, 0.1) is 18.4 Å². The van der Waals surface area contributed by atoms with Gasteiger partial charge in [0.2, 0.25) is 0 Å². The van der Waals surface area contributed by atoms with Crippen LogP contribution in [0.1, 0.15) is 26.5 Å². The van der Waals surface area contributed by atoms with Gasteiger partial charge >= 0.3 is 0 Å². The molecular formula is C14H27N5O. The maximum absolute atomic E-state index is 5.99. The summed E-state index contributed by atoms with van der Waals surface area (Å²) in [4.78, 5) is 2.48. The van der Waals surface area contributed by atoms with Crippen molar-refractivity contribution < 1.29 is 4.74 Å². The molecule has 2 atom stereocenters. The van der Waals surface area contributed by atoms with Gasteiger partial charge in [-0.2, -0.15) is 0 Å². The normalized spacial score (nSPS) is 22.4.